The number of sulfonamides is 2. The maximum absolute atomic E-state index is 12.4. The van der Waals surface area contributed by atoms with Gasteiger partial charge in [-0.2, -0.15) is 4.31 Å². The number of nitrogens with zero attached hydrogens (tertiary/aromatic N) is 1. The minimum Gasteiger partial charge on any atom is -0.215 e. The van der Waals surface area contributed by atoms with Crippen molar-refractivity contribution >= 4 is 47.3 Å². The molecule has 1 N–H and O–H groups in total. The summed E-state index contributed by atoms with van der Waals surface area (Å²) >= 11 is 4.47. The van der Waals surface area contributed by atoms with E-state index < -0.39 is 20.0 Å². The average molecular weight is 417 g/mol. The van der Waals surface area contributed by atoms with Crippen LogP contribution in [0.3, 0.4) is 0 Å². The summed E-state index contributed by atoms with van der Waals surface area (Å²) < 4.78 is 52.1. The van der Waals surface area contributed by atoms with Crippen LogP contribution in [0.1, 0.15) is 12.8 Å². The van der Waals surface area contributed by atoms with E-state index in [0.717, 1.165) is 10.0 Å². The van der Waals surface area contributed by atoms with E-state index in [1.54, 1.807) is 12.1 Å². The largest absolute Gasteiger partial charge is 0.252 e. The van der Waals surface area contributed by atoms with Crippen LogP contribution in [0.15, 0.2) is 20.1 Å². The molecule has 6 nitrogen and oxygen atoms in total. The third-order valence-corrected chi connectivity index (χ3v) is 8.03. The van der Waals surface area contributed by atoms with E-state index in [1.807, 2.05) is 0 Å². The van der Waals surface area contributed by atoms with Crippen LogP contribution >= 0.6 is 27.3 Å². The summed E-state index contributed by atoms with van der Waals surface area (Å²) in [5.74, 6) is 0.182. The maximum atomic E-state index is 12.4. The second-order valence-corrected chi connectivity index (χ2v) is 11.5. The molecule has 0 bridgehead atoms. The van der Waals surface area contributed by atoms with Gasteiger partial charge in [-0.25, -0.2) is 21.6 Å². The van der Waals surface area contributed by atoms with Crippen LogP contribution in [0, 0.1) is 5.92 Å². The van der Waals surface area contributed by atoms with Crippen LogP contribution in [0.5, 0.6) is 0 Å². The Bertz CT molecular complexity index is 691. The van der Waals surface area contributed by atoms with E-state index >= 15 is 0 Å². The SMILES string of the molecule is CS(=O)(=O)NCC1CCN(S(=O)(=O)c2ccc(Br)s2)CC1. The molecule has 0 spiro atoms. The third kappa shape index (κ3) is 4.73. The van der Waals surface area contributed by atoms with Gasteiger partial charge in [-0.05, 0) is 46.8 Å². The topological polar surface area (TPSA) is 83.6 Å². The van der Waals surface area contributed by atoms with E-state index in [1.165, 1.54) is 15.6 Å². The highest BCUT2D eigenvalue weighted by Gasteiger charge is 2.30. The Kier molecular flexibility index (Phi) is 5.48. The molecule has 0 saturated carbocycles. The van der Waals surface area contributed by atoms with Crippen LogP contribution in [0.25, 0.3) is 0 Å². The first kappa shape index (κ1) is 17.4. The standard InChI is InChI=1S/C11H17BrN2O4S3/c1-20(15,16)13-8-9-4-6-14(7-5-9)21(17,18)11-3-2-10(12)19-11/h2-3,9,13H,4-8H2,1H3. The first-order valence-corrected chi connectivity index (χ1v) is 11.3. The molecular weight excluding hydrogens is 400 g/mol. The van der Waals surface area contributed by atoms with Gasteiger partial charge in [0, 0.05) is 19.6 Å². The van der Waals surface area contributed by atoms with Crippen LogP contribution in [0.2, 0.25) is 0 Å². The zero-order chi connectivity index (χ0) is 15.7. The summed E-state index contributed by atoms with van der Waals surface area (Å²) in [5.41, 5.74) is 0. The maximum Gasteiger partial charge on any atom is 0.252 e. The minimum absolute atomic E-state index is 0.182. The Hall–Kier alpha value is -0.0000000000000000833. The monoisotopic (exact) mass is 416 g/mol. The molecule has 1 aromatic rings. The Morgan fingerprint density at radius 2 is 1.90 bits per heavy atom. The normalized spacial score (nSPS) is 19.0. The van der Waals surface area contributed by atoms with Gasteiger partial charge in [0.15, 0.2) is 0 Å². The average Bonchev–Trinajstić information content (AvgIpc) is 2.83. The van der Waals surface area contributed by atoms with Gasteiger partial charge in [-0.3, -0.25) is 0 Å². The Morgan fingerprint density at radius 1 is 1.29 bits per heavy atom. The van der Waals surface area contributed by atoms with Gasteiger partial charge in [-0.1, -0.05) is 0 Å². The van der Waals surface area contributed by atoms with Gasteiger partial charge in [0.05, 0.1) is 10.0 Å². The third-order valence-electron chi connectivity index (χ3n) is 3.35. The lowest BCUT2D eigenvalue weighted by Gasteiger charge is -2.30. The lowest BCUT2D eigenvalue weighted by molar-refractivity contribution is 0.275. The molecule has 1 aliphatic rings. The Morgan fingerprint density at radius 3 is 2.38 bits per heavy atom. The van der Waals surface area contributed by atoms with Crippen molar-refractivity contribution < 1.29 is 16.8 Å². The van der Waals surface area contributed by atoms with Crippen molar-refractivity contribution in [2.45, 2.75) is 17.1 Å². The van der Waals surface area contributed by atoms with Crippen molar-refractivity contribution in [1.29, 1.82) is 0 Å². The van der Waals surface area contributed by atoms with Crippen LogP contribution in [-0.4, -0.2) is 47.0 Å². The van der Waals surface area contributed by atoms with E-state index in [0.29, 0.717) is 36.7 Å². The van der Waals surface area contributed by atoms with Gasteiger partial charge in [-0.15, -0.1) is 11.3 Å². The molecule has 0 aliphatic carbocycles. The summed E-state index contributed by atoms with van der Waals surface area (Å²) in [5, 5.41) is 0. The molecule has 120 valence electrons. The summed E-state index contributed by atoms with van der Waals surface area (Å²) in [6.07, 6.45) is 2.45. The van der Waals surface area contributed by atoms with Crippen LogP contribution < -0.4 is 4.72 Å². The second-order valence-electron chi connectivity index (χ2n) is 5.03. The van der Waals surface area contributed by atoms with Gasteiger partial charge < -0.3 is 0 Å². The molecule has 1 fully saturated rings. The first-order valence-electron chi connectivity index (χ1n) is 6.38. The fraction of sp³-hybridized carbons (Fsp3) is 0.636. The predicted molar refractivity (Wildman–Crippen MR) is 86.3 cm³/mol. The van der Waals surface area contributed by atoms with Crippen molar-refractivity contribution in [3.8, 4) is 0 Å². The van der Waals surface area contributed by atoms with Gasteiger partial charge in [0.1, 0.15) is 4.21 Å². The van der Waals surface area contributed by atoms with E-state index in [4.69, 9.17) is 0 Å². The van der Waals surface area contributed by atoms with Gasteiger partial charge >= 0.3 is 0 Å². The van der Waals surface area contributed by atoms with Crippen LogP contribution in [-0.2, 0) is 20.0 Å². The number of piperidine rings is 1. The molecule has 0 unspecified atom stereocenters. The number of halogens is 1. The fourth-order valence-electron chi connectivity index (χ4n) is 2.19. The molecule has 0 radical (unpaired) electrons. The molecule has 1 saturated heterocycles. The molecular formula is C11H17BrN2O4S3. The highest BCUT2D eigenvalue weighted by atomic mass is 79.9. The highest BCUT2D eigenvalue weighted by molar-refractivity contribution is 9.11. The van der Waals surface area contributed by atoms with E-state index in [9.17, 15) is 16.8 Å². The van der Waals surface area contributed by atoms with Crippen molar-refractivity contribution in [3.05, 3.63) is 15.9 Å². The Balaban J connectivity index is 1.95. The number of thiophene rings is 1. The van der Waals surface area contributed by atoms with Crippen molar-refractivity contribution in [1.82, 2.24) is 9.03 Å². The number of rotatable bonds is 5. The minimum atomic E-state index is -3.42. The predicted octanol–water partition coefficient (Wildman–Crippen LogP) is 1.46. The summed E-state index contributed by atoms with van der Waals surface area (Å²) in [4.78, 5) is 0. The lowest BCUT2D eigenvalue weighted by Crippen LogP contribution is -2.41. The lowest BCUT2D eigenvalue weighted by atomic mass is 9.99. The molecule has 0 amide bonds. The molecule has 2 rings (SSSR count). The molecule has 1 aromatic heterocycles. The molecule has 2 heterocycles. The zero-order valence-electron chi connectivity index (χ0n) is 11.5. The Labute approximate surface area is 137 Å². The second kappa shape index (κ2) is 6.63. The van der Waals surface area contributed by atoms with Crippen molar-refractivity contribution in [2.75, 3.05) is 25.9 Å². The van der Waals surface area contributed by atoms with E-state index in [2.05, 4.69) is 20.7 Å². The molecule has 0 aromatic carbocycles. The highest BCUT2D eigenvalue weighted by Crippen LogP contribution is 2.30. The molecule has 1 aliphatic heterocycles. The first-order chi connectivity index (χ1) is 9.68. The number of hydrogen-bond donors (Lipinski definition) is 1. The summed E-state index contributed by atoms with van der Waals surface area (Å²) in [6, 6.07) is 3.32. The smallest absolute Gasteiger partial charge is 0.215 e. The molecule has 0 atom stereocenters. The van der Waals surface area contributed by atoms with E-state index in [-0.39, 0.29) is 5.92 Å². The number of hydrogen-bond acceptors (Lipinski definition) is 5. The zero-order valence-corrected chi connectivity index (χ0v) is 15.5. The van der Waals surface area contributed by atoms with Crippen molar-refractivity contribution in [3.63, 3.8) is 0 Å². The summed E-state index contributed by atoms with van der Waals surface area (Å²) in [7, 11) is -6.62. The summed E-state index contributed by atoms with van der Waals surface area (Å²) in [6.45, 7) is 1.22. The van der Waals surface area contributed by atoms with Gasteiger partial charge in [0.25, 0.3) is 10.0 Å². The van der Waals surface area contributed by atoms with Gasteiger partial charge in [0.2, 0.25) is 10.0 Å². The fourth-order valence-corrected chi connectivity index (χ4v) is 6.36. The quantitative estimate of drug-likeness (QED) is 0.787. The van der Waals surface area contributed by atoms with Crippen LogP contribution in [0.4, 0.5) is 0 Å². The molecule has 21 heavy (non-hydrogen) atoms. The number of nitrogens with one attached hydrogen (secondary N) is 1. The molecule has 10 heteroatoms. The van der Waals surface area contributed by atoms with Crippen molar-refractivity contribution in [2.24, 2.45) is 5.92 Å².